The zero-order valence-electron chi connectivity index (χ0n) is 11.5. The predicted octanol–water partition coefficient (Wildman–Crippen LogP) is 1.10. The summed E-state index contributed by atoms with van der Waals surface area (Å²) in [6, 6.07) is 3.35. The van der Waals surface area contributed by atoms with Crippen LogP contribution in [0.5, 0.6) is 0 Å². The third-order valence-corrected chi connectivity index (χ3v) is 3.58. The number of esters is 1. The van der Waals surface area contributed by atoms with Crippen molar-refractivity contribution < 1.29 is 14.3 Å². The molecule has 1 atom stereocenters. The summed E-state index contributed by atoms with van der Waals surface area (Å²) in [7, 11) is 1.38. The number of hydrogen-bond acceptors (Lipinski definition) is 5. The highest BCUT2D eigenvalue weighted by Crippen LogP contribution is 2.27. The number of anilines is 1. The quantitative estimate of drug-likeness (QED) is 0.833. The van der Waals surface area contributed by atoms with Gasteiger partial charge in [0.2, 0.25) is 0 Å². The molecule has 2 rings (SSSR count). The number of ether oxygens (including phenoxy) is 1. The van der Waals surface area contributed by atoms with Crippen LogP contribution in [-0.4, -0.2) is 36.6 Å². The highest BCUT2D eigenvalue weighted by Gasteiger charge is 2.28. The van der Waals surface area contributed by atoms with Crippen LogP contribution in [0.15, 0.2) is 18.3 Å². The molecule has 1 aliphatic rings. The molecule has 20 heavy (non-hydrogen) atoms. The van der Waals surface area contributed by atoms with Crippen LogP contribution in [-0.2, 0) is 9.53 Å². The van der Waals surface area contributed by atoms with Gasteiger partial charge in [0, 0.05) is 18.8 Å². The first-order chi connectivity index (χ1) is 9.63. The normalized spacial score (nSPS) is 18.6. The van der Waals surface area contributed by atoms with Crippen molar-refractivity contribution in [2.24, 2.45) is 5.73 Å². The third kappa shape index (κ3) is 3.07. The topological polar surface area (TPSA) is 85.5 Å². The summed E-state index contributed by atoms with van der Waals surface area (Å²) in [5, 5.41) is 0. The standard InChI is InChI=1S/C14H19N3O3/c1-20-12(18)9-10-5-2-3-8-17(10)14-11(13(15)19)6-4-7-16-14/h4,6-7,10H,2-3,5,8-9H2,1H3,(H2,15,19). The minimum atomic E-state index is -0.504. The number of pyridine rings is 1. The Morgan fingerprint density at radius 2 is 2.30 bits per heavy atom. The minimum Gasteiger partial charge on any atom is -0.469 e. The van der Waals surface area contributed by atoms with Gasteiger partial charge in [0.15, 0.2) is 0 Å². The average molecular weight is 277 g/mol. The van der Waals surface area contributed by atoms with Gasteiger partial charge in [-0.15, -0.1) is 0 Å². The van der Waals surface area contributed by atoms with Crippen molar-refractivity contribution in [3.8, 4) is 0 Å². The number of aromatic nitrogens is 1. The number of carbonyl (C=O) groups excluding carboxylic acids is 2. The van der Waals surface area contributed by atoms with E-state index in [1.807, 2.05) is 4.90 Å². The summed E-state index contributed by atoms with van der Waals surface area (Å²) in [6.45, 7) is 0.763. The maximum atomic E-state index is 11.5. The number of primary amides is 1. The summed E-state index contributed by atoms with van der Waals surface area (Å²) in [5.74, 6) is -0.192. The Kier molecular flexibility index (Phi) is 4.55. The van der Waals surface area contributed by atoms with E-state index in [2.05, 4.69) is 4.98 Å². The number of rotatable bonds is 4. The van der Waals surface area contributed by atoms with Crippen LogP contribution in [0.1, 0.15) is 36.0 Å². The molecule has 0 spiro atoms. The van der Waals surface area contributed by atoms with Crippen molar-refractivity contribution in [2.75, 3.05) is 18.6 Å². The van der Waals surface area contributed by atoms with Crippen molar-refractivity contribution in [3.05, 3.63) is 23.9 Å². The zero-order chi connectivity index (χ0) is 14.5. The molecule has 1 saturated heterocycles. The van der Waals surface area contributed by atoms with Crippen LogP contribution >= 0.6 is 0 Å². The molecule has 2 N–H and O–H groups in total. The fourth-order valence-corrected chi connectivity index (χ4v) is 2.59. The summed E-state index contributed by atoms with van der Waals surface area (Å²) >= 11 is 0. The molecule has 0 saturated carbocycles. The van der Waals surface area contributed by atoms with Crippen LogP contribution in [0.4, 0.5) is 5.82 Å². The Balaban J connectivity index is 2.28. The van der Waals surface area contributed by atoms with Gasteiger partial charge in [0.05, 0.1) is 19.1 Å². The lowest BCUT2D eigenvalue weighted by atomic mass is 9.98. The zero-order valence-corrected chi connectivity index (χ0v) is 11.5. The smallest absolute Gasteiger partial charge is 0.307 e. The van der Waals surface area contributed by atoms with Crippen LogP contribution in [0.2, 0.25) is 0 Å². The van der Waals surface area contributed by atoms with Gasteiger partial charge in [-0.1, -0.05) is 0 Å². The fraction of sp³-hybridized carbons (Fsp3) is 0.500. The summed E-state index contributed by atoms with van der Waals surface area (Å²) in [5.41, 5.74) is 5.79. The third-order valence-electron chi connectivity index (χ3n) is 3.58. The van der Waals surface area contributed by atoms with Gasteiger partial charge in [0.1, 0.15) is 5.82 Å². The molecule has 0 bridgehead atoms. The van der Waals surface area contributed by atoms with E-state index in [1.165, 1.54) is 7.11 Å². The molecule has 6 heteroatoms. The molecular formula is C14H19N3O3. The van der Waals surface area contributed by atoms with E-state index in [-0.39, 0.29) is 12.0 Å². The SMILES string of the molecule is COC(=O)CC1CCCCN1c1ncccc1C(N)=O. The number of amides is 1. The molecule has 0 aliphatic carbocycles. The monoisotopic (exact) mass is 277 g/mol. The van der Waals surface area contributed by atoms with Crippen LogP contribution in [0.25, 0.3) is 0 Å². The Labute approximate surface area is 117 Å². The average Bonchev–Trinajstić information content (AvgIpc) is 2.47. The number of hydrogen-bond donors (Lipinski definition) is 1. The van der Waals surface area contributed by atoms with E-state index < -0.39 is 5.91 Å². The van der Waals surface area contributed by atoms with Crippen molar-refractivity contribution in [1.82, 2.24) is 4.98 Å². The molecule has 0 aromatic carbocycles. The maximum Gasteiger partial charge on any atom is 0.307 e. The molecule has 0 radical (unpaired) electrons. The molecular weight excluding hydrogens is 258 g/mol. The summed E-state index contributed by atoms with van der Waals surface area (Å²) < 4.78 is 4.74. The number of piperidine rings is 1. The van der Waals surface area contributed by atoms with E-state index in [4.69, 9.17) is 10.5 Å². The van der Waals surface area contributed by atoms with E-state index >= 15 is 0 Å². The Bertz CT molecular complexity index is 504. The van der Waals surface area contributed by atoms with Gasteiger partial charge in [-0.05, 0) is 31.4 Å². The Hall–Kier alpha value is -2.11. The highest BCUT2D eigenvalue weighted by atomic mass is 16.5. The van der Waals surface area contributed by atoms with Gasteiger partial charge in [-0.25, -0.2) is 4.98 Å². The van der Waals surface area contributed by atoms with Crippen molar-refractivity contribution >= 4 is 17.7 Å². The molecule has 1 unspecified atom stereocenters. The number of nitrogens with two attached hydrogens (primary N) is 1. The van der Waals surface area contributed by atoms with Gasteiger partial charge in [0.25, 0.3) is 5.91 Å². The number of carbonyl (C=O) groups is 2. The van der Waals surface area contributed by atoms with Crippen LogP contribution in [0.3, 0.4) is 0 Å². The first kappa shape index (κ1) is 14.3. The Morgan fingerprint density at radius 1 is 1.50 bits per heavy atom. The lowest BCUT2D eigenvalue weighted by Crippen LogP contribution is -2.42. The van der Waals surface area contributed by atoms with Crippen LogP contribution in [0, 0.1) is 0 Å². The highest BCUT2D eigenvalue weighted by molar-refractivity contribution is 5.97. The van der Waals surface area contributed by atoms with Crippen molar-refractivity contribution in [3.63, 3.8) is 0 Å². The van der Waals surface area contributed by atoms with E-state index in [1.54, 1.807) is 18.3 Å². The van der Waals surface area contributed by atoms with E-state index in [0.29, 0.717) is 17.8 Å². The van der Waals surface area contributed by atoms with Gasteiger partial charge < -0.3 is 15.4 Å². The molecule has 6 nitrogen and oxygen atoms in total. The molecule has 1 fully saturated rings. The second-order valence-corrected chi connectivity index (χ2v) is 4.86. The van der Waals surface area contributed by atoms with Crippen molar-refractivity contribution in [2.45, 2.75) is 31.7 Å². The molecule has 2 heterocycles. The van der Waals surface area contributed by atoms with Gasteiger partial charge >= 0.3 is 5.97 Å². The molecule has 1 aliphatic heterocycles. The second-order valence-electron chi connectivity index (χ2n) is 4.86. The van der Waals surface area contributed by atoms with Crippen molar-refractivity contribution in [1.29, 1.82) is 0 Å². The van der Waals surface area contributed by atoms with Crippen LogP contribution < -0.4 is 10.6 Å². The lowest BCUT2D eigenvalue weighted by molar-refractivity contribution is -0.141. The maximum absolute atomic E-state index is 11.5. The first-order valence-electron chi connectivity index (χ1n) is 6.71. The first-order valence-corrected chi connectivity index (χ1v) is 6.71. The van der Waals surface area contributed by atoms with E-state index in [0.717, 1.165) is 25.8 Å². The Morgan fingerprint density at radius 3 is 3.00 bits per heavy atom. The number of nitrogens with zero attached hydrogens (tertiary/aromatic N) is 2. The summed E-state index contributed by atoms with van der Waals surface area (Å²) in [6.07, 6.45) is 4.87. The fourth-order valence-electron chi connectivity index (χ4n) is 2.59. The van der Waals surface area contributed by atoms with Gasteiger partial charge in [-0.3, -0.25) is 9.59 Å². The molecule has 108 valence electrons. The van der Waals surface area contributed by atoms with Gasteiger partial charge in [-0.2, -0.15) is 0 Å². The second kappa shape index (κ2) is 6.36. The molecule has 1 amide bonds. The lowest BCUT2D eigenvalue weighted by Gasteiger charge is -2.36. The minimum absolute atomic E-state index is 0.00389. The predicted molar refractivity (Wildman–Crippen MR) is 74.4 cm³/mol. The van der Waals surface area contributed by atoms with E-state index in [9.17, 15) is 9.59 Å². The largest absolute Gasteiger partial charge is 0.469 e. The molecule has 1 aromatic heterocycles. The summed E-state index contributed by atoms with van der Waals surface area (Å²) in [4.78, 5) is 29.3. The molecule has 1 aromatic rings. The number of methoxy groups -OCH3 is 1.